The molecular formula is C72H132N2O7P+. The van der Waals surface area contributed by atoms with Gasteiger partial charge in [-0.15, -0.1) is 0 Å². The summed E-state index contributed by atoms with van der Waals surface area (Å²) in [5.41, 5.74) is 0. The Morgan fingerprint density at radius 3 is 1.13 bits per heavy atom. The largest absolute Gasteiger partial charge is 0.472 e. The summed E-state index contributed by atoms with van der Waals surface area (Å²) in [5, 5.41) is 3.06. The Kier molecular flexibility index (Phi) is 59.2. The Labute approximate surface area is 507 Å². The van der Waals surface area contributed by atoms with E-state index in [1.54, 1.807) is 0 Å². The van der Waals surface area contributed by atoms with Crippen LogP contribution in [0.5, 0.6) is 0 Å². The summed E-state index contributed by atoms with van der Waals surface area (Å²) in [5.74, 6) is -0.513. The average molecular weight is 1170 g/mol. The second-order valence-corrected chi connectivity index (χ2v) is 25.8. The molecule has 0 spiro atoms. The van der Waals surface area contributed by atoms with Gasteiger partial charge in [-0.2, -0.15) is 0 Å². The molecule has 0 aromatic heterocycles. The highest BCUT2D eigenvalue weighted by Gasteiger charge is 2.30. The van der Waals surface area contributed by atoms with E-state index >= 15 is 0 Å². The Hall–Kier alpha value is -2.81. The Bertz CT molecular complexity index is 1680. The minimum atomic E-state index is -4.46. The highest BCUT2D eigenvalue weighted by molar-refractivity contribution is 7.47. The van der Waals surface area contributed by atoms with Crippen LogP contribution in [0.25, 0.3) is 0 Å². The van der Waals surface area contributed by atoms with Crippen molar-refractivity contribution in [2.45, 2.75) is 322 Å². The molecule has 0 aromatic carbocycles. The number of likely N-dealkylation sites (N-methyl/N-ethyl adjacent to an activating group) is 1. The molecule has 9 nitrogen and oxygen atoms in total. The summed E-state index contributed by atoms with van der Waals surface area (Å²) in [6, 6.07) is -0.858. The number of allylic oxidation sites excluding steroid dienone is 13. The van der Waals surface area contributed by atoms with Gasteiger partial charge in [0.15, 0.2) is 0 Å². The van der Waals surface area contributed by atoms with Crippen molar-refractivity contribution in [1.82, 2.24) is 5.32 Å². The Balaban J connectivity index is 5.15. The van der Waals surface area contributed by atoms with Crippen LogP contribution in [0.3, 0.4) is 0 Å². The van der Waals surface area contributed by atoms with Crippen molar-refractivity contribution >= 4 is 19.7 Å². The van der Waals surface area contributed by atoms with Crippen LogP contribution >= 0.6 is 7.82 Å². The monoisotopic (exact) mass is 1170 g/mol. The van der Waals surface area contributed by atoms with E-state index in [2.05, 4.69) is 99.0 Å². The lowest BCUT2D eigenvalue weighted by molar-refractivity contribution is -0.870. The molecule has 0 aliphatic heterocycles. The number of carbonyl (C=O) groups is 2. The first-order valence-corrected chi connectivity index (χ1v) is 35.9. The van der Waals surface area contributed by atoms with Crippen molar-refractivity contribution in [3.8, 4) is 0 Å². The number of ether oxygens (including phenoxy) is 1. The zero-order valence-corrected chi connectivity index (χ0v) is 55.4. The second-order valence-electron chi connectivity index (χ2n) is 24.3. The van der Waals surface area contributed by atoms with Gasteiger partial charge in [0, 0.05) is 12.8 Å². The van der Waals surface area contributed by atoms with Gasteiger partial charge in [0.2, 0.25) is 5.91 Å². The fraction of sp³-hybridized carbons (Fsp3) is 0.778. The molecule has 1 amide bonds. The first-order valence-electron chi connectivity index (χ1n) is 34.4. The summed E-state index contributed by atoms with van der Waals surface area (Å²) in [4.78, 5) is 37.9. The number of hydrogen-bond donors (Lipinski definition) is 2. The number of nitrogens with zero attached hydrogens (tertiary/aromatic N) is 1. The normalized spacial score (nSPS) is 14.1. The number of rotatable bonds is 62. The lowest BCUT2D eigenvalue weighted by Crippen LogP contribution is -2.47. The van der Waals surface area contributed by atoms with Crippen molar-refractivity contribution in [1.29, 1.82) is 0 Å². The fourth-order valence-corrected chi connectivity index (χ4v) is 10.5. The molecule has 0 aliphatic rings. The van der Waals surface area contributed by atoms with Crippen LogP contribution < -0.4 is 5.32 Å². The van der Waals surface area contributed by atoms with Crippen LogP contribution in [0.15, 0.2) is 85.1 Å². The molecule has 3 unspecified atom stereocenters. The summed E-state index contributed by atoms with van der Waals surface area (Å²) in [7, 11) is 1.49. The van der Waals surface area contributed by atoms with E-state index in [1.165, 1.54) is 180 Å². The number of phosphoric acid groups is 1. The van der Waals surface area contributed by atoms with E-state index in [0.29, 0.717) is 17.4 Å². The van der Waals surface area contributed by atoms with E-state index < -0.39 is 20.0 Å². The van der Waals surface area contributed by atoms with E-state index in [-0.39, 0.29) is 31.5 Å². The van der Waals surface area contributed by atoms with Gasteiger partial charge in [-0.25, -0.2) is 4.57 Å². The Morgan fingerprint density at radius 1 is 0.427 bits per heavy atom. The van der Waals surface area contributed by atoms with Crippen LogP contribution in [0.1, 0.15) is 310 Å². The van der Waals surface area contributed by atoms with E-state index in [0.717, 1.165) is 96.3 Å². The predicted molar refractivity (Wildman–Crippen MR) is 355 cm³/mol. The zero-order valence-electron chi connectivity index (χ0n) is 54.5. The molecule has 2 N–H and O–H groups in total. The maximum absolute atomic E-state index is 13.6. The van der Waals surface area contributed by atoms with Crippen molar-refractivity contribution in [2.75, 3.05) is 40.9 Å². The topological polar surface area (TPSA) is 111 Å². The average Bonchev–Trinajstić information content (AvgIpc) is 3.44. The highest BCUT2D eigenvalue weighted by atomic mass is 31.2. The summed E-state index contributed by atoms with van der Waals surface area (Å²) in [6.07, 6.45) is 81.5. The SMILES string of the molecule is CCCCC/C=C\C/C=C\C/C=C\CCCCCCCCCCCCC(=O)OC(/C=C/CCCCCCCCCCCC)C(COP(=O)(O)OCC[N+](C)(C)C)NC(=O)CCCCCCCCCC/C=C\C/C=C\C/C=C\CCCCC. The summed E-state index contributed by atoms with van der Waals surface area (Å²) < 4.78 is 30.8. The first kappa shape index (κ1) is 79.2. The number of esters is 1. The quantitative estimate of drug-likeness (QED) is 0.0205. The maximum atomic E-state index is 13.6. The molecule has 0 rings (SSSR count). The Morgan fingerprint density at radius 2 is 0.744 bits per heavy atom. The number of amides is 1. The number of phosphoric ester groups is 1. The molecular weight excluding hydrogens is 1040 g/mol. The first-order chi connectivity index (χ1) is 39.9. The third-order valence-corrected chi connectivity index (χ3v) is 16.0. The van der Waals surface area contributed by atoms with Crippen LogP contribution in [0.4, 0.5) is 0 Å². The lowest BCUT2D eigenvalue weighted by atomic mass is 10.0. The van der Waals surface area contributed by atoms with E-state index in [4.69, 9.17) is 13.8 Å². The third kappa shape index (κ3) is 61.7. The molecule has 0 aliphatic carbocycles. The number of unbranched alkanes of at least 4 members (excludes halogenated alkanes) is 34. The molecule has 10 heteroatoms. The molecule has 0 bridgehead atoms. The summed E-state index contributed by atoms with van der Waals surface area (Å²) >= 11 is 0. The van der Waals surface area contributed by atoms with Crippen LogP contribution in [-0.2, 0) is 27.9 Å². The standard InChI is InChI=1S/C72H131N2O7P/c1-7-10-13-16-19-22-25-28-30-32-34-36-37-39-41-43-45-47-50-53-56-59-62-65-72(76)81-70(63-60-57-54-51-48-27-24-21-18-15-12-9-3)69(68-80-82(77,78)79-67-66-74(4,5)6)73-71(75)64-61-58-55-52-49-46-44-42-40-38-35-33-31-29-26-23-20-17-14-11-8-2/h19-20,22-23,28-31,34-36,38,60,63,69-70H,7-18,21,24-27,32-33,37,39-59,61-62,64-68H2,1-6H3,(H-,73,75,77,78)/p+1/b22-19-,23-20-,30-28-,31-29-,36-34-,38-35-,63-60+. The maximum Gasteiger partial charge on any atom is 0.472 e. The molecule has 0 radical (unpaired) electrons. The molecule has 82 heavy (non-hydrogen) atoms. The third-order valence-electron chi connectivity index (χ3n) is 15.1. The minimum Gasteiger partial charge on any atom is -0.456 e. The van der Waals surface area contributed by atoms with Gasteiger partial charge in [-0.3, -0.25) is 18.6 Å². The number of nitrogens with one attached hydrogen (secondary N) is 1. The number of quaternary nitrogens is 1. The number of hydrogen-bond acceptors (Lipinski definition) is 6. The van der Waals surface area contributed by atoms with Gasteiger partial charge in [0.25, 0.3) is 0 Å². The highest BCUT2D eigenvalue weighted by Crippen LogP contribution is 2.43. The molecule has 3 atom stereocenters. The van der Waals surface area contributed by atoms with Crippen molar-refractivity contribution < 1.29 is 37.3 Å². The van der Waals surface area contributed by atoms with Crippen molar-refractivity contribution in [2.24, 2.45) is 0 Å². The van der Waals surface area contributed by atoms with Crippen LogP contribution in [0, 0.1) is 0 Å². The van der Waals surface area contributed by atoms with Gasteiger partial charge in [-0.1, -0.05) is 273 Å². The number of carbonyl (C=O) groups excluding carboxylic acids is 2. The van der Waals surface area contributed by atoms with Crippen molar-refractivity contribution in [3.63, 3.8) is 0 Å². The molecule has 0 saturated heterocycles. The van der Waals surface area contributed by atoms with E-state index in [1.807, 2.05) is 33.3 Å². The lowest BCUT2D eigenvalue weighted by Gasteiger charge is -2.27. The fourth-order valence-electron chi connectivity index (χ4n) is 9.72. The van der Waals surface area contributed by atoms with Gasteiger partial charge in [-0.05, 0) is 109 Å². The van der Waals surface area contributed by atoms with Gasteiger partial charge in [0.1, 0.15) is 19.3 Å². The minimum absolute atomic E-state index is 0.0352. The van der Waals surface area contributed by atoms with Crippen molar-refractivity contribution in [3.05, 3.63) is 85.1 Å². The predicted octanol–water partition coefficient (Wildman–Crippen LogP) is 21.7. The van der Waals surface area contributed by atoms with E-state index in [9.17, 15) is 19.0 Å². The van der Waals surface area contributed by atoms with Gasteiger partial charge in [0.05, 0.1) is 33.8 Å². The van der Waals surface area contributed by atoms with Crippen LogP contribution in [0.2, 0.25) is 0 Å². The van der Waals surface area contributed by atoms with Crippen LogP contribution in [-0.4, -0.2) is 74.3 Å². The molecule has 0 heterocycles. The second kappa shape index (κ2) is 61.3. The smallest absolute Gasteiger partial charge is 0.456 e. The molecule has 476 valence electrons. The molecule has 0 aromatic rings. The summed E-state index contributed by atoms with van der Waals surface area (Å²) in [6.45, 7) is 6.97. The molecule has 0 saturated carbocycles. The van der Waals surface area contributed by atoms with Gasteiger partial charge < -0.3 is 19.4 Å². The zero-order chi connectivity index (χ0) is 60.0. The molecule has 0 fully saturated rings. The van der Waals surface area contributed by atoms with Gasteiger partial charge >= 0.3 is 13.8 Å².